The molecule has 0 fully saturated rings. The molecule has 0 unspecified atom stereocenters. The summed E-state index contributed by atoms with van der Waals surface area (Å²) in [5.41, 5.74) is 8.94. The number of nitrogens with two attached hydrogens (primary N) is 2. The van der Waals surface area contributed by atoms with E-state index in [1.54, 1.807) is 0 Å². The maximum absolute atomic E-state index is 9.00. The van der Waals surface area contributed by atoms with Gasteiger partial charge in [0.05, 0.1) is 0 Å². The maximum Gasteiger partial charge on any atom is 2.00 e. The molecule has 0 radical (unpaired) electrons. The van der Waals surface area contributed by atoms with Gasteiger partial charge in [-0.2, -0.15) is 0 Å². The molecule has 0 rings (SSSR count). The molecule has 0 atom stereocenters. The Morgan fingerprint density at radius 1 is 1.67 bits per heavy atom. The molecule has 0 heterocycles. The van der Waals surface area contributed by atoms with Crippen molar-refractivity contribution in [2.24, 2.45) is 11.5 Å². The fourth-order valence-corrected chi connectivity index (χ4v) is 0. The largest absolute Gasteiger partial charge is 2.00 e. The summed E-state index contributed by atoms with van der Waals surface area (Å²) in [6.45, 7) is 1.08. The number of rotatable bonds is 0. The van der Waals surface area contributed by atoms with Gasteiger partial charge in [-0.1, -0.05) is 0 Å². The van der Waals surface area contributed by atoms with E-state index in [1.807, 2.05) is 0 Å². The SMILES string of the molecule is CC(=O)O.N=C(N)N.[Ba+2].[H-].[H-]. The molecule has 0 bridgehead atoms. The summed E-state index contributed by atoms with van der Waals surface area (Å²) in [6.07, 6.45) is 0. The van der Waals surface area contributed by atoms with Gasteiger partial charge in [-0.3, -0.25) is 10.2 Å². The molecular weight excluding hydrogens is 247 g/mol. The number of hydrogen-bond acceptors (Lipinski definition) is 2. The fourth-order valence-electron chi connectivity index (χ4n) is 0. The molecule has 0 saturated carbocycles. The van der Waals surface area contributed by atoms with Crippen molar-refractivity contribution in [2.75, 3.05) is 0 Å². The minimum absolute atomic E-state index is 0. The van der Waals surface area contributed by atoms with Crippen molar-refractivity contribution in [3.8, 4) is 0 Å². The van der Waals surface area contributed by atoms with E-state index in [2.05, 4.69) is 11.5 Å². The van der Waals surface area contributed by atoms with Gasteiger partial charge in [-0.25, -0.2) is 0 Å². The fraction of sp³-hybridized carbons (Fsp3) is 0.333. The first-order chi connectivity index (χ1) is 3.46. The second-order valence-electron chi connectivity index (χ2n) is 0.974. The summed E-state index contributed by atoms with van der Waals surface area (Å²) in [5.74, 6) is -1.17. The second kappa shape index (κ2) is 11.2. The quantitative estimate of drug-likeness (QED) is 0.248. The molecule has 0 aromatic heterocycles. The van der Waals surface area contributed by atoms with Crippen LogP contribution in [0.15, 0.2) is 0 Å². The van der Waals surface area contributed by atoms with Crippen LogP contribution in [0.3, 0.4) is 0 Å². The number of nitrogens with one attached hydrogen (secondary N) is 1. The molecule has 0 aromatic rings. The Morgan fingerprint density at radius 3 is 1.67 bits per heavy atom. The number of carboxylic acid groups (broad SMARTS) is 1. The topological polar surface area (TPSA) is 113 Å². The van der Waals surface area contributed by atoms with Gasteiger partial charge in [0.25, 0.3) is 5.97 Å². The first-order valence-corrected chi connectivity index (χ1v) is 1.76. The molecule has 0 aliphatic heterocycles. The van der Waals surface area contributed by atoms with Crippen molar-refractivity contribution in [1.29, 1.82) is 5.41 Å². The standard InChI is InChI=1S/C2H4O2.CH5N3.Ba.2H/c1-2(3)4;2-1(3)4;;;/h1H3,(H,3,4);(H5,2,3,4);;;/q;;+2;2*-1. The Balaban J connectivity index is -0.0000000171. The molecule has 0 amide bonds. The zero-order valence-electron chi connectivity index (χ0n) is 7.22. The number of carboxylic acids is 1. The smallest absolute Gasteiger partial charge is 1.00 e. The Kier molecular flexibility index (Phi) is 20.0. The Labute approximate surface area is 96.3 Å². The summed E-state index contributed by atoms with van der Waals surface area (Å²) in [5, 5.41) is 13.5. The van der Waals surface area contributed by atoms with Gasteiger partial charge in [0.1, 0.15) is 0 Å². The van der Waals surface area contributed by atoms with E-state index in [0.29, 0.717) is 0 Å². The third kappa shape index (κ3) is 3410. The van der Waals surface area contributed by atoms with Crippen LogP contribution >= 0.6 is 0 Å². The number of carbonyl (C=O) groups is 1. The first-order valence-electron chi connectivity index (χ1n) is 1.76. The monoisotopic (exact) mass is 259 g/mol. The zero-order chi connectivity index (χ0) is 7.15. The Morgan fingerprint density at radius 2 is 1.67 bits per heavy atom. The van der Waals surface area contributed by atoms with E-state index in [0.717, 1.165) is 6.92 Å². The summed E-state index contributed by atoms with van der Waals surface area (Å²) < 4.78 is 0. The maximum atomic E-state index is 9.00. The summed E-state index contributed by atoms with van der Waals surface area (Å²) >= 11 is 0. The van der Waals surface area contributed by atoms with Crippen molar-refractivity contribution in [2.45, 2.75) is 6.92 Å². The van der Waals surface area contributed by atoms with Crippen LogP contribution in [0.4, 0.5) is 0 Å². The van der Waals surface area contributed by atoms with Crippen LogP contribution in [0.1, 0.15) is 9.78 Å². The molecule has 52 valence electrons. The predicted molar refractivity (Wildman–Crippen MR) is 37.4 cm³/mol. The summed E-state index contributed by atoms with van der Waals surface area (Å²) in [4.78, 5) is 9.00. The predicted octanol–water partition coefficient (Wildman–Crippen LogP) is -1.23. The Bertz CT molecular complexity index is 82.6. The van der Waals surface area contributed by atoms with Crippen molar-refractivity contribution in [3.05, 3.63) is 0 Å². The average molecular weight is 258 g/mol. The number of guanidine groups is 1. The number of aliphatic carboxylic acids is 1. The molecular formula is C3H11BaN3O2. The Hall–Kier alpha value is 0.311. The van der Waals surface area contributed by atoms with E-state index in [-0.39, 0.29) is 57.7 Å². The van der Waals surface area contributed by atoms with Crippen molar-refractivity contribution >= 4 is 60.8 Å². The van der Waals surface area contributed by atoms with Crippen LogP contribution in [0.2, 0.25) is 0 Å². The molecule has 9 heavy (non-hydrogen) atoms. The van der Waals surface area contributed by atoms with Crippen LogP contribution in [-0.2, 0) is 4.79 Å². The summed E-state index contributed by atoms with van der Waals surface area (Å²) in [7, 11) is 0. The zero-order valence-corrected chi connectivity index (χ0v) is 9.66. The number of hydrogen-bond donors (Lipinski definition) is 4. The minimum atomic E-state index is -0.833. The van der Waals surface area contributed by atoms with E-state index in [1.165, 1.54) is 0 Å². The van der Waals surface area contributed by atoms with Gasteiger partial charge in [-0.15, -0.1) is 0 Å². The van der Waals surface area contributed by atoms with Gasteiger partial charge in [0, 0.05) is 6.92 Å². The van der Waals surface area contributed by atoms with Gasteiger partial charge in [-0.05, 0) is 0 Å². The van der Waals surface area contributed by atoms with Crippen molar-refractivity contribution in [1.82, 2.24) is 0 Å². The summed E-state index contributed by atoms with van der Waals surface area (Å²) in [6, 6.07) is 0. The van der Waals surface area contributed by atoms with Gasteiger partial charge in [0.15, 0.2) is 5.96 Å². The van der Waals surface area contributed by atoms with Crippen LogP contribution in [0, 0.1) is 5.41 Å². The van der Waals surface area contributed by atoms with E-state index in [4.69, 9.17) is 15.3 Å². The first kappa shape index (κ1) is 16.1. The van der Waals surface area contributed by atoms with Gasteiger partial charge >= 0.3 is 48.9 Å². The molecule has 0 aliphatic rings. The van der Waals surface area contributed by atoms with E-state index in [9.17, 15) is 0 Å². The minimum Gasteiger partial charge on any atom is -1.00 e. The molecule has 0 spiro atoms. The van der Waals surface area contributed by atoms with Crippen LogP contribution in [-0.4, -0.2) is 65.9 Å². The van der Waals surface area contributed by atoms with E-state index >= 15 is 0 Å². The molecule has 5 nitrogen and oxygen atoms in total. The van der Waals surface area contributed by atoms with Crippen LogP contribution in [0.25, 0.3) is 0 Å². The van der Waals surface area contributed by atoms with Gasteiger partial charge in [0.2, 0.25) is 0 Å². The van der Waals surface area contributed by atoms with E-state index < -0.39 is 5.97 Å². The van der Waals surface area contributed by atoms with Crippen LogP contribution in [0.5, 0.6) is 0 Å². The van der Waals surface area contributed by atoms with Crippen molar-refractivity contribution < 1.29 is 12.8 Å². The second-order valence-corrected chi connectivity index (χ2v) is 0.974. The van der Waals surface area contributed by atoms with Gasteiger partial charge < -0.3 is 19.4 Å². The average Bonchev–Trinajstić information content (AvgIpc) is 1.25. The molecule has 0 aromatic carbocycles. The molecule has 0 saturated heterocycles. The molecule has 6 heteroatoms. The molecule has 0 aliphatic carbocycles. The van der Waals surface area contributed by atoms with Crippen molar-refractivity contribution in [3.63, 3.8) is 0 Å². The molecule has 6 N–H and O–H groups in total. The third-order valence-electron chi connectivity index (χ3n) is 0. The van der Waals surface area contributed by atoms with Crippen LogP contribution < -0.4 is 11.5 Å². The third-order valence-corrected chi connectivity index (χ3v) is 0. The normalized spacial score (nSPS) is 5.44.